The molecule has 0 fully saturated rings. The van der Waals surface area contributed by atoms with Crippen LogP contribution >= 0.6 is 12.4 Å². The largest absolute Gasteiger partial charge is 1.00 e. The molecule has 0 heterocycles. The van der Waals surface area contributed by atoms with E-state index < -0.39 is 0 Å². The van der Waals surface area contributed by atoms with Crippen molar-refractivity contribution in [2.75, 3.05) is 0 Å². The second kappa shape index (κ2) is 31.1. The molecule has 0 rings (SSSR count). The third kappa shape index (κ3) is 11.0. The summed E-state index contributed by atoms with van der Waals surface area (Å²) in [5.41, 5.74) is 0. The molecule has 0 aromatic carbocycles. The van der Waals surface area contributed by atoms with Crippen LogP contribution in [0, 0.1) is 0 Å². The Bertz CT molecular complexity index is 9.61. The fraction of sp³-hybridized carbons (Fsp3) is 0. The third-order valence-corrected chi connectivity index (χ3v) is 0. The molecule has 0 atom stereocenters. The van der Waals surface area contributed by atoms with Gasteiger partial charge in [0.05, 0.1) is 0 Å². The van der Waals surface area contributed by atoms with Crippen LogP contribution in [0.2, 0.25) is 0 Å². The summed E-state index contributed by atoms with van der Waals surface area (Å²) in [6, 6.07) is 0. The van der Waals surface area contributed by atoms with Crippen molar-refractivity contribution >= 4 is 12.4 Å². The van der Waals surface area contributed by atoms with Crippen molar-refractivity contribution in [3.8, 4) is 0 Å². The van der Waals surface area contributed by atoms with Gasteiger partial charge in [0.1, 0.15) is 0 Å². The van der Waals surface area contributed by atoms with Crippen molar-refractivity contribution in [3.05, 3.63) is 0 Å². The predicted molar refractivity (Wildman–Crippen MR) is 8.36 cm³/mol. The predicted octanol–water partition coefficient (Wildman–Crippen LogP) is -8.45. The zero-order chi connectivity index (χ0) is 0. The quantitative estimate of drug-likeness (QED) is 0.264. The minimum Gasteiger partial charge on any atom is -1.00 e. The van der Waals surface area contributed by atoms with Crippen LogP contribution in [0.1, 0.15) is 1.43 Å². The third-order valence-electron chi connectivity index (χ3n) is 0. The molecule has 0 nitrogen and oxygen atoms in total. The number of hydrogen-bond donors (Lipinski definition) is 0. The molecule has 4 heteroatoms. The van der Waals surface area contributed by atoms with Gasteiger partial charge in [0.25, 0.3) is 0 Å². The Morgan fingerprint density at radius 3 is 1.00 bits per heavy atom. The topological polar surface area (TPSA) is 0 Å². The molecular formula is H2ClF2Na. The van der Waals surface area contributed by atoms with Crippen molar-refractivity contribution in [3.63, 3.8) is 0 Å². The van der Waals surface area contributed by atoms with Crippen LogP contribution in [0.25, 0.3) is 0 Å². The Morgan fingerprint density at radius 1 is 1.00 bits per heavy atom. The summed E-state index contributed by atoms with van der Waals surface area (Å²) in [5.74, 6) is 0. The summed E-state index contributed by atoms with van der Waals surface area (Å²) in [5, 5.41) is 0. The zero-order valence-corrected chi connectivity index (χ0v) is 4.98. The second-order valence-electron chi connectivity index (χ2n) is 0. The molecule has 0 aliphatic rings. The Hall–Kier alpha value is 1.15. The van der Waals surface area contributed by atoms with E-state index in [1.807, 2.05) is 0 Å². The van der Waals surface area contributed by atoms with Gasteiger partial charge in [-0.2, -0.15) is 0 Å². The Labute approximate surface area is 52.9 Å². The van der Waals surface area contributed by atoms with Gasteiger partial charge in [-0.25, -0.2) is 0 Å². The van der Waals surface area contributed by atoms with E-state index in [0.717, 1.165) is 0 Å². The SMILES string of the molecule is Cl.[F-].[F-].[H+].[Na+]. The maximum absolute atomic E-state index is 0. The first-order chi connectivity index (χ1) is 0. The Balaban J connectivity index is 0. The van der Waals surface area contributed by atoms with E-state index in [9.17, 15) is 0 Å². The fourth-order valence-electron chi connectivity index (χ4n) is 0. The van der Waals surface area contributed by atoms with Gasteiger partial charge < -0.3 is 9.41 Å². The molecule has 0 aromatic heterocycles. The minimum absolute atomic E-state index is 0. The molecule has 0 bridgehead atoms. The van der Waals surface area contributed by atoms with Crippen LogP contribution in [0.15, 0.2) is 0 Å². The second-order valence-corrected chi connectivity index (χ2v) is 0. The van der Waals surface area contributed by atoms with E-state index in [0.29, 0.717) is 0 Å². The van der Waals surface area contributed by atoms with Crippen molar-refractivity contribution in [2.24, 2.45) is 0 Å². The van der Waals surface area contributed by atoms with Crippen LogP contribution in [0.3, 0.4) is 0 Å². The molecule has 4 heavy (non-hydrogen) atoms. The monoisotopic (exact) mass is 98.0 g/mol. The molecule has 0 aromatic rings. The maximum Gasteiger partial charge on any atom is 1.00 e. The maximum atomic E-state index is 0. The van der Waals surface area contributed by atoms with Gasteiger partial charge in [-0.05, 0) is 0 Å². The standard InChI is InChI=1S/ClH.2FH.Na/h3*1H;/q;;;+1/p-1. The molecule has 0 radical (unpaired) electrons. The summed E-state index contributed by atoms with van der Waals surface area (Å²) >= 11 is 0. The van der Waals surface area contributed by atoms with E-state index in [1.165, 1.54) is 0 Å². The van der Waals surface area contributed by atoms with E-state index in [4.69, 9.17) is 0 Å². The van der Waals surface area contributed by atoms with Crippen LogP contribution in [-0.4, -0.2) is 0 Å². The van der Waals surface area contributed by atoms with Gasteiger partial charge in [-0.3, -0.25) is 0 Å². The Morgan fingerprint density at radius 2 is 1.00 bits per heavy atom. The first kappa shape index (κ1) is 67.1. The molecule has 0 saturated heterocycles. The number of rotatable bonds is 0. The summed E-state index contributed by atoms with van der Waals surface area (Å²) in [7, 11) is 0. The van der Waals surface area contributed by atoms with E-state index in [1.54, 1.807) is 0 Å². The van der Waals surface area contributed by atoms with Crippen molar-refractivity contribution in [1.82, 2.24) is 0 Å². The van der Waals surface area contributed by atoms with Crippen molar-refractivity contribution in [2.45, 2.75) is 0 Å². The molecule has 0 saturated carbocycles. The summed E-state index contributed by atoms with van der Waals surface area (Å²) in [6.07, 6.45) is 0. The van der Waals surface area contributed by atoms with Gasteiger partial charge in [-0.15, -0.1) is 12.4 Å². The first-order valence-corrected chi connectivity index (χ1v) is 0. The van der Waals surface area contributed by atoms with Crippen molar-refractivity contribution in [1.29, 1.82) is 0 Å². The minimum atomic E-state index is 0. The van der Waals surface area contributed by atoms with Crippen molar-refractivity contribution < 1.29 is 40.4 Å². The molecule has 0 amide bonds. The molecule has 0 aliphatic heterocycles. The van der Waals surface area contributed by atoms with Crippen LogP contribution in [0.4, 0.5) is 0 Å². The smallest absolute Gasteiger partial charge is 1.00 e. The normalized spacial score (nSPS) is 0. The average molecular weight is 98.5 g/mol. The van der Waals surface area contributed by atoms with Gasteiger partial charge in [0.2, 0.25) is 0 Å². The molecule has 0 unspecified atom stereocenters. The first-order valence-electron chi connectivity index (χ1n) is 0. The Kier molecular flexibility index (Phi) is 522. The molecule has 0 spiro atoms. The van der Waals surface area contributed by atoms with E-state index >= 15 is 0 Å². The average Bonchev–Trinajstić information content (AvgIpc) is 0. The summed E-state index contributed by atoms with van der Waals surface area (Å²) in [6.45, 7) is 0. The summed E-state index contributed by atoms with van der Waals surface area (Å²) < 4.78 is 0. The van der Waals surface area contributed by atoms with Crippen LogP contribution in [0.5, 0.6) is 0 Å². The number of hydrogen-bond acceptors (Lipinski definition) is 0. The van der Waals surface area contributed by atoms with Gasteiger partial charge in [-0.1, -0.05) is 0 Å². The molecule has 0 N–H and O–H groups in total. The molecule has 0 aliphatic carbocycles. The molecule has 24 valence electrons. The summed E-state index contributed by atoms with van der Waals surface area (Å²) in [4.78, 5) is 0. The van der Waals surface area contributed by atoms with Gasteiger partial charge in [0.15, 0.2) is 0 Å². The number of halogens is 3. The van der Waals surface area contributed by atoms with Crippen LogP contribution < -0.4 is 39.0 Å². The van der Waals surface area contributed by atoms with Crippen LogP contribution in [-0.2, 0) is 0 Å². The van der Waals surface area contributed by atoms with Gasteiger partial charge >= 0.3 is 31.0 Å². The zero-order valence-electron chi connectivity index (χ0n) is 3.16. The van der Waals surface area contributed by atoms with Gasteiger partial charge in [0, 0.05) is 0 Å². The van der Waals surface area contributed by atoms with E-state index in [2.05, 4.69) is 0 Å². The van der Waals surface area contributed by atoms with E-state index in [-0.39, 0.29) is 52.8 Å². The fourth-order valence-corrected chi connectivity index (χ4v) is 0. The molecular weight excluding hydrogens is 96.4 g/mol.